The van der Waals surface area contributed by atoms with Crippen LogP contribution in [0.5, 0.6) is 0 Å². The molecule has 2 aromatic heterocycles. The van der Waals surface area contributed by atoms with Gasteiger partial charge in [-0.25, -0.2) is 4.68 Å². The van der Waals surface area contributed by atoms with Gasteiger partial charge in [-0.1, -0.05) is 18.2 Å². The van der Waals surface area contributed by atoms with Crippen LogP contribution in [0.15, 0.2) is 48.9 Å². The largest absolute Gasteiger partial charge is 0.322 e. The van der Waals surface area contributed by atoms with E-state index >= 15 is 0 Å². The zero-order chi connectivity index (χ0) is 11.7. The first kappa shape index (κ1) is 9.80. The maximum Gasteiger partial charge on any atom is 0.0945 e. The van der Waals surface area contributed by atoms with Gasteiger partial charge in [0.15, 0.2) is 0 Å². The number of rotatable bonds is 2. The molecule has 1 aromatic carbocycles. The summed E-state index contributed by atoms with van der Waals surface area (Å²) in [6.07, 6.45) is 5.23. The third kappa shape index (κ3) is 1.53. The predicted octanol–water partition coefficient (Wildman–Crippen LogP) is 1.71. The Morgan fingerprint density at radius 1 is 1.06 bits per heavy atom. The summed E-state index contributed by atoms with van der Waals surface area (Å²) in [5.74, 6) is 5.44. The number of fused-ring (bicyclic) bond motifs is 1. The maximum atomic E-state index is 5.44. The van der Waals surface area contributed by atoms with E-state index in [2.05, 4.69) is 15.5 Å². The fraction of sp³-hybridized carbons (Fsp3) is 0. The Labute approximate surface area is 97.9 Å². The summed E-state index contributed by atoms with van der Waals surface area (Å²) in [5.41, 5.74) is 5.31. The molecule has 0 radical (unpaired) electrons. The molecular formula is C12H11N5. The molecule has 0 aliphatic carbocycles. The van der Waals surface area contributed by atoms with Crippen molar-refractivity contribution in [2.75, 3.05) is 5.43 Å². The number of benzene rings is 1. The van der Waals surface area contributed by atoms with Gasteiger partial charge in [0.25, 0.3) is 0 Å². The third-order valence-electron chi connectivity index (χ3n) is 2.65. The lowest BCUT2D eigenvalue weighted by Gasteiger charge is -2.04. The summed E-state index contributed by atoms with van der Waals surface area (Å²) in [7, 11) is 0. The Balaban J connectivity index is 2.26. The van der Waals surface area contributed by atoms with Crippen molar-refractivity contribution in [3.05, 3.63) is 48.9 Å². The Morgan fingerprint density at radius 2 is 1.88 bits per heavy atom. The average molecular weight is 225 g/mol. The van der Waals surface area contributed by atoms with E-state index in [1.165, 1.54) is 0 Å². The van der Waals surface area contributed by atoms with Crippen molar-refractivity contribution < 1.29 is 0 Å². The molecule has 84 valence electrons. The lowest BCUT2D eigenvalue weighted by Crippen LogP contribution is -2.07. The number of nitrogens with zero attached hydrogens (tertiary/aromatic N) is 3. The minimum atomic E-state index is 0.768. The second-order valence-corrected chi connectivity index (χ2v) is 3.66. The van der Waals surface area contributed by atoms with E-state index in [-0.39, 0.29) is 0 Å². The fourth-order valence-corrected chi connectivity index (χ4v) is 1.83. The standard InChI is InChI=1S/C12H11N5/c13-16-11-7-14-8-12-10(11)6-15-17(12)9-4-2-1-3-5-9/h1-8,16H,13H2. The van der Waals surface area contributed by atoms with Gasteiger partial charge in [-0.3, -0.25) is 10.8 Å². The number of aromatic nitrogens is 3. The van der Waals surface area contributed by atoms with E-state index in [1.54, 1.807) is 18.6 Å². The molecule has 0 bridgehead atoms. The van der Waals surface area contributed by atoms with Gasteiger partial charge in [-0.2, -0.15) is 5.10 Å². The maximum absolute atomic E-state index is 5.44. The molecule has 0 saturated carbocycles. The van der Waals surface area contributed by atoms with Crippen molar-refractivity contribution in [2.24, 2.45) is 5.84 Å². The number of nitrogens with two attached hydrogens (primary N) is 1. The number of pyridine rings is 1. The zero-order valence-electron chi connectivity index (χ0n) is 9.04. The second kappa shape index (κ2) is 3.88. The summed E-state index contributed by atoms with van der Waals surface area (Å²) >= 11 is 0. The van der Waals surface area contributed by atoms with E-state index in [0.717, 1.165) is 22.3 Å². The van der Waals surface area contributed by atoms with E-state index in [4.69, 9.17) is 5.84 Å². The minimum absolute atomic E-state index is 0.768. The lowest BCUT2D eigenvalue weighted by molar-refractivity contribution is 0.908. The molecule has 3 rings (SSSR count). The molecule has 3 aromatic rings. The van der Waals surface area contributed by atoms with Crippen LogP contribution in [0.2, 0.25) is 0 Å². The van der Waals surface area contributed by atoms with Gasteiger partial charge >= 0.3 is 0 Å². The Kier molecular flexibility index (Phi) is 2.23. The summed E-state index contributed by atoms with van der Waals surface area (Å²) in [6, 6.07) is 9.91. The number of nitrogens with one attached hydrogen (secondary N) is 1. The van der Waals surface area contributed by atoms with Gasteiger partial charge < -0.3 is 5.43 Å². The molecule has 3 N–H and O–H groups in total. The number of para-hydroxylation sites is 1. The SMILES string of the molecule is NNc1cncc2c1cnn2-c1ccccc1. The first-order valence-electron chi connectivity index (χ1n) is 5.24. The van der Waals surface area contributed by atoms with Crippen LogP contribution in [-0.4, -0.2) is 14.8 Å². The molecule has 0 amide bonds. The van der Waals surface area contributed by atoms with Crippen LogP contribution in [0.25, 0.3) is 16.6 Å². The van der Waals surface area contributed by atoms with Gasteiger partial charge in [0.2, 0.25) is 0 Å². The number of hydrazine groups is 1. The van der Waals surface area contributed by atoms with Crippen molar-refractivity contribution in [3.8, 4) is 5.69 Å². The van der Waals surface area contributed by atoms with Crippen molar-refractivity contribution in [2.45, 2.75) is 0 Å². The minimum Gasteiger partial charge on any atom is -0.322 e. The molecule has 0 spiro atoms. The van der Waals surface area contributed by atoms with Crippen LogP contribution in [0.3, 0.4) is 0 Å². The Morgan fingerprint density at radius 3 is 2.65 bits per heavy atom. The molecule has 0 unspecified atom stereocenters. The zero-order valence-corrected chi connectivity index (χ0v) is 9.04. The first-order chi connectivity index (χ1) is 8.40. The number of hydrogen-bond acceptors (Lipinski definition) is 4. The number of anilines is 1. The predicted molar refractivity (Wildman–Crippen MR) is 66.7 cm³/mol. The molecule has 0 fully saturated rings. The molecule has 0 saturated heterocycles. The van der Waals surface area contributed by atoms with Crippen molar-refractivity contribution in [1.82, 2.24) is 14.8 Å². The van der Waals surface area contributed by atoms with Crippen molar-refractivity contribution in [1.29, 1.82) is 0 Å². The highest BCUT2D eigenvalue weighted by Gasteiger charge is 2.07. The quantitative estimate of drug-likeness (QED) is 0.514. The van der Waals surface area contributed by atoms with E-state index in [0.29, 0.717) is 0 Å². The van der Waals surface area contributed by atoms with Crippen LogP contribution >= 0.6 is 0 Å². The summed E-state index contributed by atoms with van der Waals surface area (Å²) in [4.78, 5) is 4.14. The highest BCUT2D eigenvalue weighted by molar-refractivity contribution is 5.90. The number of hydrogen-bond donors (Lipinski definition) is 2. The van der Waals surface area contributed by atoms with E-state index in [1.807, 2.05) is 35.0 Å². The van der Waals surface area contributed by atoms with Gasteiger partial charge in [0, 0.05) is 5.39 Å². The van der Waals surface area contributed by atoms with E-state index in [9.17, 15) is 0 Å². The molecule has 0 aliphatic rings. The summed E-state index contributed by atoms with van der Waals surface area (Å²) < 4.78 is 1.84. The topological polar surface area (TPSA) is 68.8 Å². The lowest BCUT2D eigenvalue weighted by atomic mass is 10.3. The van der Waals surface area contributed by atoms with Crippen molar-refractivity contribution >= 4 is 16.6 Å². The molecule has 17 heavy (non-hydrogen) atoms. The first-order valence-corrected chi connectivity index (χ1v) is 5.24. The molecule has 5 heteroatoms. The highest BCUT2D eigenvalue weighted by atomic mass is 15.3. The highest BCUT2D eigenvalue weighted by Crippen LogP contribution is 2.23. The van der Waals surface area contributed by atoms with E-state index < -0.39 is 0 Å². The van der Waals surface area contributed by atoms with Gasteiger partial charge in [-0.05, 0) is 12.1 Å². The third-order valence-corrected chi connectivity index (χ3v) is 2.65. The smallest absolute Gasteiger partial charge is 0.0945 e. The van der Waals surface area contributed by atoms with Gasteiger partial charge in [-0.15, -0.1) is 0 Å². The number of nitrogen functional groups attached to an aromatic ring is 1. The molecule has 0 atom stereocenters. The Bertz CT molecular complexity index is 644. The molecular weight excluding hydrogens is 214 g/mol. The normalized spacial score (nSPS) is 10.6. The van der Waals surface area contributed by atoms with Crippen LogP contribution < -0.4 is 11.3 Å². The van der Waals surface area contributed by atoms with Crippen LogP contribution in [0.4, 0.5) is 5.69 Å². The van der Waals surface area contributed by atoms with Crippen molar-refractivity contribution in [3.63, 3.8) is 0 Å². The van der Waals surface area contributed by atoms with Crippen LogP contribution in [-0.2, 0) is 0 Å². The molecule has 5 nitrogen and oxygen atoms in total. The summed E-state index contributed by atoms with van der Waals surface area (Å²) in [5, 5.41) is 5.31. The van der Waals surface area contributed by atoms with Crippen LogP contribution in [0, 0.1) is 0 Å². The molecule has 2 heterocycles. The summed E-state index contributed by atoms with van der Waals surface area (Å²) in [6.45, 7) is 0. The Hall–Kier alpha value is -2.40. The monoisotopic (exact) mass is 225 g/mol. The fourth-order valence-electron chi connectivity index (χ4n) is 1.83. The average Bonchev–Trinajstić information content (AvgIpc) is 2.83. The molecule has 0 aliphatic heterocycles. The second-order valence-electron chi connectivity index (χ2n) is 3.66. The van der Waals surface area contributed by atoms with Gasteiger partial charge in [0.05, 0.1) is 35.5 Å². The van der Waals surface area contributed by atoms with Gasteiger partial charge in [0.1, 0.15) is 0 Å². The van der Waals surface area contributed by atoms with Crippen LogP contribution in [0.1, 0.15) is 0 Å².